The highest BCUT2D eigenvalue weighted by Crippen LogP contribution is 2.24. The first kappa shape index (κ1) is 19.9. The van der Waals surface area contributed by atoms with Crippen molar-refractivity contribution in [3.63, 3.8) is 0 Å². The number of halogens is 1. The second-order valence-electron chi connectivity index (χ2n) is 5.70. The molecule has 0 unspecified atom stereocenters. The Hall–Kier alpha value is -1.42. The molecule has 2 rings (SSSR count). The van der Waals surface area contributed by atoms with E-state index in [4.69, 9.17) is 4.74 Å². The van der Waals surface area contributed by atoms with Crippen molar-refractivity contribution in [2.45, 2.75) is 26.4 Å². The van der Waals surface area contributed by atoms with Crippen LogP contribution in [0.5, 0.6) is 5.75 Å². The summed E-state index contributed by atoms with van der Waals surface area (Å²) in [6.07, 6.45) is 1.09. The Morgan fingerprint density at radius 2 is 2.00 bits per heavy atom. The largest absolute Gasteiger partial charge is 0.493 e. The molecule has 0 spiro atoms. The molecule has 0 aliphatic carbocycles. The van der Waals surface area contributed by atoms with Crippen LogP contribution in [0.4, 0.5) is 0 Å². The van der Waals surface area contributed by atoms with Crippen molar-refractivity contribution >= 4 is 26.1 Å². The lowest BCUT2D eigenvalue weighted by molar-refractivity contribution is 0.261. The average molecular weight is 432 g/mol. The lowest BCUT2D eigenvalue weighted by Gasteiger charge is -2.14. The van der Waals surface area contributed by atoms with E-state index in [1.54, 1.807) is 19.1 Å². The first-order valence-corrected chi connectivity index (χ1v) is 9.96. The smallest absolute Gasteiger partial charge is 0.322 e. The van der Waals surface area contributed by atoms with E-state index in [2.05, 4.69) is 21.0 Å². The summed E-state index contributed by atoms with van der Waals surface area (Å²) in [6.45, 7) is 2.06. The number of para-hydroxylation sites is 1. The second-order valence-corrected chi connectivity index (χ2v) is 8.46. The molecule has 0 aliphatic heterocycles. The minimum Gasteiger partial charge on any atom is -0.493 e. The van der Waals surface area contributed by atoms with Gasteiger partial charge in [-0.05, 0) is 41.8 Å². The van der Waals surface area contributed by atoms with Crippen LogP contribution in [0.15, 0.2) is 28.7 Å². The number of aromatic nitrogens is 2. The SMILES string of the molecule is Cc1nn(S(=O)(=O)N(C)C)c(CCCOc2ccccc2CO)c1Br. The predicted molar refractivity (Wildman–Crippen MR) is 98.8 cm³/mol. The van der Waals surface area contributed by atoms with Crippen molar-refractivity contribution in [1.82, 2.24) is 13.5 Å². The average Bonchev–Trinajstić information content (AvgIpc) is 2.87. The summed E-state index contributed by atoms with van der Waals surface area (Å²) in [5, 5.41) is 13.4. The van der Waals surface area contributed by atoms with Gasteiger partial charge >= 0.3 is 10.2 Å². The van der Waals surface area contributed by atoms with Gasteiger partial charge in [-0.3, -0.25) is 0 Å². The standard InChI is InChI=1S/C16H22BrN3O4S/c1-12-16(17)14(20(18-12)25(22,23)19(2)3)8-6-10-24-15-9-5-4-7-13(15)11-21/h4-5,7,9,21H,6,8,10-11H2,1-3H3. The molecule has 0 aliphatic rings. The van der Waals surface area contributed by atoms with Gasteiger partial charge in [0.2, 0.25) is 0 Å². The molecule has 2 aromatic rings. The molecule has 0 fully saturated rings. The van der Waals surface area contributed by atoms with Crippen LogP contribution in [-0.2, 0) is 23.2 Å². The molecule has 0 radical (unpaired) electrons. The molecule has 9 heteroatoms. The molecule has 1 heterocycles. The second kappa shape index (κ2) is 8.31. The minimum atomic E-state index is -3.67. The lowest BCUT2D eigenvalue weighted by Crippen LogP contribution is -2.31. The van der Waals surface area contributed by atoms with Gasteiger partial charge in [-0.15, -0.1) is 4.09 Å². The normalized spacial score (nSPS) is 11.9. The van der Waals surface area contributed by atoms with Crippen LogP contribution in [0.2, 0.25) is 0 Å². The van der Waals surface area contributed by atoms with Crippen molar-refractivity contribution in [2.24, 2.45) is 0 Å². The third-order valence-corrected chi connectivity index (χ3v) is 6.37. The molecule has 0 saturated heterocycles. The number of hydrogen-bond acceptors (Lipinski definition) is 5. The van der Waals surface area contributed by atoms with E-state index in [1.165, 1.54) is 14.1 Å². The molecule has 1 aromatic heterocycles. The van der Waals surface area contributed by atoms with Crippen molar-refractivity contribution < 1.29 is 18.3 Å². The van der Waals surface area contributed by atoms with Gasteiger partial charge in [0.05, 0.1) is 29.1 Å². The van der Waals surface area contributed by atoms with E-state index in [0.717, 1.165) is 14.0 Å². The first-order valence-electron chi connectivity index (χ1n) is 7.77. The van der Waals surface area contributed by atoms with Gasteiger partial charge in [0, 0.05) is 19.7 Å². The number of benzene rings is 1. The third-order valence-electron chi connectivity index (χ3n) is 3.68. The first-order chi connectivity index (χ1) is 11.8. The Bertz CT molecular complexity index is 834. The van der Waals surface area contributed by atoms with Gasteiger partial charge in [-0.1, -0.05) is 18.2 Å². The molecule has 1 N–H and O–H groups in total. The highest BCUT2D eigenvalue weighted by Gasteiger charge is 2.24. The van der Waals surface area contributed by atoms with Gasteiger partial charge in [0.1, 0.15) is 5.75 Å². The Balaban J connectivity index is 2.09. The molecule has 0 saturated carbocycles. The Kier molecular flexibility index (Phi) is 6.61. The summed E-state index contributed by atoms with van der Waals surface area (Å²) in [5.41, 5.74) is 1.93. The molecule has 0 amide bonds. The molecule has 138 valence electrons. The van der Waals surface area contributed by atoms with Gasteiger partial charge in [-0.25, -0.2) is 0 Å². The van der Waals surface area contributed by atoms with Crippen LogP contribution in [0, 0.1) is 6.92 Å². The van der Waals surface area contributed by atoms with Crippen molar-refractivity contribution in [3.8, 4) is 5.75 Å². The Labute approximate surface area is 156 Å². The summed E-state index contributed by atoms with van der Waals surface area (Å²) in [4.78, 5) is 0. The van der Waals surface area contributed by atoms with Crippen molar-refractivity contribution in [3.05, 3.63) is 45.7 Å². The maximum Gasteiger partial charge on any atom is 0.322 e. The Morgan fingerprint density at radius 3 is 2.64 bits per heavy atom. The zero-order valence-corrected chi connectivity index (χ0v) is 16.8. The summed E-state index contributed by atoms with van der Waals surface area (Å²) in [6, 6.07) is 7.27. The number of rotatable bonds is 8. The zero-order valence-electron chi connectivity index (χ0n) is 14.4. The monoisotopic (exact) mass is 431 g/mol. The predicted octanol–water partition coefficient (Wildman–Crippen LogP) is 2.11. The molecule has 25 heavy (non-hydrogen) atoms. The number of aryl methyl sites for hydroxylation is 1. The van der Waals surface area contributed by atoms with E-state index in [0.29, 0.717) is 41.1 Å². The Morgan fingerprint density at radius 1 is 1.32 bits per heavy atom. The highest BCUT2D eigenvalue weighted by atomic mass is 79.9. The fourth-order valence-electron chi connectivity index (χ4n) is 2.28. The lowest BCUT2D eigenvalue weighted by atomic mass is 10.2. The van der Waals surface area contributed by atoms with Gasteiger partial charge in [-0.2, -0.15) is 17.8 Å². The quantitative estimate of drug-likeness (QED) is 0.646. The molecule has 1 aromatic carbocycles. The molecule has 0 atom stereocenters. The molecule has 0 bridgehead atoms. The van der Waals surface area contributed by atoms with E-state index in [1.807, 2.05) is 12.1 Å². The maximum absolute atomic E-state index is 12.4. The van der Waals surface area contributed by atoms with Crippen molar-refractivity contribution in [1.29, 1.82) is 0 Å². The highest BCUT2D eigenvalue weighted by molar-refractivity contribution is 9.10. The van der Waals surface area contributed by atoms with Crippen LogP contribution >= 0.6 is 15.9 Å². The van der Waals surface area contributed by atoms with Crippen molar-refractivity contribution in [2.75, 3.05) is 20.7 Å². The molecular formula is C16H22BrN3O4S. The fourth-order valence-corrected chi connectivity index (χ4v) is 3.84. The van der Waals surface area contributed by atoms with Gasteiger partial charge in [0.25, 0.3) is 0 Å². The number of aliphatic hydroxyl groups excluding tert-OH is 1. The summed E-state index contributed by atoms with van der Waals surface area (Å²) in [5.74, 6) is 0.634. The van der Waals surface area contributed by atoms with Crippen LogP contribution < -0.4 is 4.74 Å². The summed E-state index contributed by atoms with van der Waals surface area (Å²) < 4.78 is 33.4. The molecular weight excluding hydrogens is 410 g/mol. The van der Waals surface area contributed by atoms with Crippen LogP contribution in [0.1, 0.15) is 23.4 Å². The number of ether oxygens (including phenoxy) is 1. The van der Waals surface area contributed by atoms with E-state index in [-0.39, 0.29) is 6.61 Å². The van der Waals surface area contributed by atoms with Crippen LogP contribution in [0.25, 0.3) is 0 Å². The topological polar surface area (TPSA) is 84.7 Å². The van der Waals surface area contributed by atoms with E-state index in [9.17, 15) is 13.5 Å². The summed E-state index contributed by atoms with van der Waals surface area (Å²) in [7, 11) is -0.732. The van der Waals surface area contributed by atoms with Crippen LogP contribution in [-0.4, -0.2) is 47.7 Å². The van der Waals surface area contributed by atoms with Crippen LogP contribution in [0.3, 0.4) is 0 Å². The fraction of sp³-hybridized carbons (Fsp3) is 0.438. The summed E-state index contributed by atoms with van der Waals surface area (Å²) >= 11 is 3.42. The van der Waals surface area contributed by atoms with E-state index < -0.39 is 10.2 Å². The van der Waals surface area contributed by atoms with E-state index >= 15 is 0 Å². The third kappa shape index (κ3) is 4.41. The number of aliphatic hydroxyl groups is 1. The van der Waals surface area contributed by atoms with Gasteiger partial charge in [0.15, 0.2) is 0 Å². The van der Waals surface area contributed by atoms with Gasteiger partial charge < -0.3 is 9.84 Å². The maximum atomic E-state index is 12.4. The minimum absolute atomic E-state index is 0.0885. The molecule has 7 nitrogen and oxygen atoms in total. The number of hydrogen-bond donors (Lipinski definition) is 1. The number of nitrogens with zero attached hydrogens (tertiary/aromatic N) is 3. The zero-order chi connectivity index (χ0) is 18.6.